The molecule has 0 saturated heterocycles. The lowest BCUT2D eigenvalue weighted by atomic mass is 10.0. The average Bonchev–Trinajstić information content (AvgIpc) is 2.38. The molecule has 0 spiro atoms. The SMILES string of the molecule is [C-]#[N+]c1ccc(C)cc1-c1ccc([Si](C)(C)C)cc1. The second-order valence-corrected chi connectivity index (χ2v) is 11.0. The van der Waals surface area contributed by atoms with Crippen molar-refractivity contribution >= 4 is 18.9 Å². The number of aryl methyl sites for hydroxylation is 1. The second-order valence-electron chi connectivity index (χ2n) is 5.96. The standard InChI is InChI=1S/C17H19NSi/c1-13-6-11-17(18-2)16(12-13)14-7-9-15(10-8-14)19(3,4)5/h6-12H,1,3-5H3. The van der Waals surface area contributed by atoms with E-state index in [2.05, 4.69) is 61.7 Å². The van der Waals surface area contributed by atoms with Gasteiger partial charge in [-0.05, 0) is 18.1 Å². The predicted octanol–water partition coefficient (Wildman–Crippen LogP) is 4.76. The number of hydrogen-bond donors (Lipinski definition) is 0. The summed E-state index contributed by atoms with van der Waals surface area (Å²) < 4.78 is 0. The van der Waals surface area contributed by atoms with Crippen LogP contribution < -0.4 is 5.19 Å². The van der Waals surface area contributed by atoms with E-state index < -0.39 is 8.07 Å². The van der Waals surface area contributed by atoms with E-state index in [1.807, 2.05) is 12.1 Å². The van der Waals surface area contributed by atoms with Crippen molar-refractivity contribution in [1.29, 1.82) is 0 Å². The quantitative estimate of drug-likeness (QED) is 0.545. The topological polar surface area (TPSA) is 4.36 Å². The monoisotopic (exact) mass is 265 g/mol. The molecule has 0 aromatic heterocycles. The summed E-state index contributed by atoms with van der Waals surface area (Å²) in [5.74, 6) is 0. The van der Waals surface area contributed by atoms with Crippen LogP contribution in [0, 0.1) is 13.5 Å². The van der Waals surface area contributed by atoms with Gasteiger partial charge < -0.3 is 0 Å². The first-order valence-corrected chi connectivity index (χ1v) is 10.0. The van der Waals surface area contributed by atoms with E-state index in [-0.39, 0.29) is 0 Å². The van der Waals surface area contributed by atoms with Gasteiger partial charge in [-0.2, -0.15) is 0 Å². The van der Waals surface area contributed by atoms with Crippen LogP contribution in [0.4, 0.5) is 5.69 Å². The van der Waals surface area contributed by atoms with Crippen molar-refractivity contribution in [3.63, 3.8) is 0 Å². The van der Waals surface area contributed by atoms with Crippen LogP contribution >= 0.6 is 0 Å². The predicted molar refractivity (Wildman–Crippen MR) is 85.9 cm³/mol. The van der Waals surface area contributed by atoms with Crippen LogP contribution in [0.2, 0.25) is 19.6 Å². The van der Waals surface area contributed by atoms with Gasteiger partial charge in [-0.1, -0.05) is 72.9 Å². The molecule has 0 aliphatic rings. The lowest BCUT2D eigenvalue weighted by Crippen LogP contribution is -2.37. The maximum absolute atomic E-state index is 7.28. The molecule has 0 fully saturated rings. The molecule has 0 unspecified atom stereocenters. The summed E-state index contributed by atoms with van der Waals surface area (Å²) in [5.41, 5.74) is 4.09. The Morgan fingerprint density at radius 1 is 0.947 bits per heavy atom. The van der Waals surface area contributed by atoms with Gasteiger partial charge in [0.05, 0.1) is 14.6 Å². The van der Waals surface area contributed by atoms with Crippen molar-refractivity contribution in [2.45, 2.75) is 26.6 Å². The summed E-state index contributed by atoms with van der Waals surface area (Å²) in [6.07, 6.45) is 0. The summed E-state index contributed by atoms with van der Waals surface area (Å²) >= 11 is 0. The average molecular weight is 265 g/mol. The number of rotatable bonds is 2. The van der Waals surface area contributed by atoms with E-state index in [1.54, 1.807) is 0 Å². The Labute approximate surface area is 116 Å². The van der Waals surface area contributed by atoms with Crippen molar-refractivity contribution < 1.29 is 0 Å². The van der Waals surface area contributed by atoms with Gasteiger partial charge in [0.1, 0.15) is 0 Å². The molecule has 2 heteroatoms. The molecule has 0 aliphatic heterocycles. The van der Waals surface area contributed by atoms with Gasteiger partial charge in [-0.3, -0.25) is 0 Å². The molecular formula is C17H19NSi. The smallest absolute Gasteiger partial charge is 0.194 e. The Morgan fingerprint density at radius 3 is 2.11 bits per heavy atom. The molecular weight excluding hydrogens is 246 g/mol. The third-order valence-electron chi connectivity index (χ3n) is 3.33. The summed E-state index contributed by atoms with van der Waals surface area (Å²) in [6.45, 7) is 16.4. The molecule has 0 amide bonds. The van der Waals surface area contributed by atoms with E-state index in [1.165, 1.54) is 10.8 Å². The van der Waals surface area contributed by atoms with Gasteiger partial charge in [0.2, 0.25) is 0 Å². The highest BCUT2D eigenvalue weighted by Crippen LogP contribution is 2.31. The van der Waals surface area contributed by atoms with Crippen molar-refractivity contribution in [3.05, 3.63) is 59.4 Å². The first-order valence-electron chi connectivity index (χ1n) is 6.51. The molecule has 2 aromatic carbocycles. The Morgan fingerprint density at radius 2 is 1.58 bits per heavy atom. The van der Waals surface area contributed by atoms with Gasteiger partial charge in [-0.25, -0.2) is 4.85 Å². The van der Waals surface area contributed by atoms with E-state index in [4.69, 9.17) is 6.57 Å². The van der Waals surface area contributed by atoms with E-state index >= 15 is 0 Å². The van der Waals surface area contributed by atoms with Gasteiger partial charge >= 0.3 is 0 Å². The lowest BCUT2D eigenvalue weighted by Gasteiger charge is -2.17. The zero-order chi connectivity index (χ0) is 14.0. The third kappa shape index (κ3) is 2.94. The zero-order valence-electron chi connectivity index (χ0n) is 12.0. The van der Waals surface area contributed by atoms with E-state index in [0.717, 1.165) is 16.8 Å². The molecule has 1 nitrogen and oxygen atoms in total. The highest BCUT2D eigenvalue weighted by molar-refractivity contribution is 6.88. The number of hydrogen-bond acceptors (Lipinski definition) is 0. The molecule has 0 heterocycles. The first kappa shape index (κ1) is 13.6. The summed E-state index contributed by atoms with van der Waals surface area (Å²) in [4.78, 5) is 3.62. The molecule has 96 valence electrons. The summed E-state index contributed by atoms with van der Waals surface area (Å²) in [5, 5.41) is 1.45. The Balaban J connectivity index is 2.49. The molecule has 0 N–H and O–H groups in total. The normalized spacial score (nSPS) is 11.1. The van der Waals surface area contributed by atoms with Crippen LogP contribution in [0.3, 0.4) is 0 Å². The van der Waals surface area contributed by atoms with Gasteiger partial charge in [-0.15, -0.1) is 0 Å². The Kier molecular flexibility index (Phi) is 3.59. The molecule has 2 aromatic rings. The fraction of sp³-hybridized carbons (Fsp3) is 0.235. The number of nitrogens with zero attached hydrogens (tertiary/aromatic N) is 1. The molecule has 0 bridgehead atoms. The van der Waals surface area contributed by atoms with Crippen LogP contribution in [0.25, 0.3) is 16.0 Å². The fourth-order valence-electron chi connectivity index (χ4n) is 2.13. The highest BCUT2D eigenvalue weighted by Gasteiger charge is 2.16. The molecule has 0 saturated carbocycles. The van der Waals surface area contributed by atoms with Crippen LogP contribution in [0.15, 0.2) is 42.5 Å². The van der Waals surface area contributed by atoms with Crippen molar-refractivity contribution in [2.75, 3.05) is 0 Å². The van der Waals surface area contributed by atoms with Gasteiger partial charge in [0.15, 0.2) is 5.69 Å². The van der Waals surface area contributed by atoms with Gasteiger partial charge in [0, 0.05) is 0 Å². The Bertz CT molecular complexity index is 628. The maximum Gasteiger partial charge on any atom is 0.194 e. The van der Waals surface area contributed by atoms with Gasteiger partial charge in [0.25, 0.3) is 0 Å². The molecule has 0 radical (unpaired) electrons. The van der Waals surface area contributed by atoms with Crippen molar-refractivity contribution in [1.82, 2.24) is 0 Å². The van der Waals surface area contributed by atoms with Crippen molar-refractivity contribution in [3.8, 4) is 11.1 Å². The molecule has 2 rings (SSSR count). The summed E-state index contributed by atoms with van der Waals surface area (Å²) in [6, 6.07) is 14.7. The minimum Gasteiger partial charge on any atom is -0.238 e. The minimum atomic E-state index is -1.25. The van der Waals surface area contributed by atoms with Crippen LogP contribution in [0.1, 0.15) is 5.56 Å². The minimum absolute atomic E-state index is 0.728. The first-order chi connectivity index (χ1) is 8.91. The highest BCUT2D eigenvalue weighted by atomic mass is 28.3. The van der Waals surface area contributed by atoms with Crippen LogP contribution in [-0.4, -0.2) is 8.07 Å². The second kappa shape index (κ2) is 5.03. The summed E-state index contributed by atoms with van der Waals surface area (Å²) in [7, 11) is -1.25. The van der Waals surface area contributed by atoms with Crippen molar-refractivity contribution in [2.24, 2.45) is 0 Å². The van der Waals surface area contributed by atoms with E-state index in [9.17, 15) is 0 Å². The van der Waals surface area contributed by atoms with Crippen LogP contribution in [0.5, 0.6) is 0 Å². The molecule has 0 aliphatic carbocycles. The third-order valence-corrected chi connectivity index (χ3v) is 5.40. The number of benzene rings is 2. The van der Waals surface area contributed by atoms with Crippen LogP contribution in [-0.2, 0) is 0 Å². The Hall–Kier alpha value is -1.85. The molecule has 19 heavy (non-hydrogen) atoms. The zero-order valence-corrected chi connectivity index (χ0v) is 13.0. The molecule has 0 atom stereocenters. The maximum atomic E-state index is 7.28. The lowest BCUT2D eigenvalue weighted by molar-refractivity contribution is 1.47. The van der Waals surface area contributed by atoms with E-state index in [0.29, 0.717) is 0 Å². The fourth-order valence-corrected chi connectivity index (χ4v) is 3.30. The largest absolute Gasteiger partial charge is 0.238 e.